The van der Waals surface area contributed by atoms with Gasteiger partial charge in [0.15, 0.2) is 11.6 Å². The highest BCUT2D eigenvalue weighted by Gasteiger charge is 2.44. The quantitative estimate of drug-likeness (QED) is 0.325. The van der Waals surface area contributed by atoms with Gasteiger partial charge in [0.2, 0.25) is 5.82 Å². The first-order valence-electron chi connectivity index (χ1n) is 14.4. The summed E-state index contributed by atoms with van der Waals surface area (Å²) >= 11 is 0. The summed E-state index contributed by atoms with van der Waals surface area (Å²) in [5.41, 5.74) is 0.325. The summed E-state index contributed by atoms with van der Waals surface area (Å²) in [7, 11) is 0. The Balaban J connectivity index is 1.33. The van der Waals surface area contributed by atoms with Gasteiger partial charge in [-0.1, -0.05) is 52.0 Å². The standard InChI is InChI=1S/C30H44F4O/c1-3-5-21-8-16-25(17-9-21)30(33,34)35-27-19-18-26(28(31)29(27)32)24-14-12-23(13-15-24)22-10-6-20(4-2)7-11-22/h18-25H,3-17H2,1-2H3. The third-order valence-corrected chi connectivity index (χ3v) is 9.69. The Labute approximate surface area is 209 Å². The van der Waals surface area contributed by atoms with Gasteiger partial charge in [0.05, 0.1) is 5.92 Å². The number of alkyl halides is 2. The SMILES string of the molecule is CCCC1CCC(C(F)(F)Oc2ccc(C3CCC(C4CCC(CC)CC4)CC3)c(F)c2F)CC1. The number of hydrogen-bond donors (Lipinski definition) is 0. The zero-order valence-electron chi connectivity index (χ0n) is 21.6. The molecule has 0 radical (unpaired) electrons. The van der Waals surface area contributed by atoms with Crippen LogP contribution in [0.25, 0.3) is 0 Å². The molecule has 5 heteroatoms. The number of benzene rings is 1. The summed E-state index contributed by atoms with van der Waals surface area (Å²) in [6, 6.07) is 2.71. The number of ether oxygens (including phenoxy) is 1. The van der Waals surface area contributed by atoms with Crippen molar-refractivity contribution in [2.24, 2.45) is 29.6 Å². The van der Waals surface area contributed by atoms with Crippen molar-refractivity contribution in [2.45, 2.75) is 122 Å². The molecule has 4 rings (SSSR count). The highest BCUT2D eigenvalue weighted by atomic mass is 19.3. The van der Waals surface area contributed by atoms with Crippen LogP contribution in [0, 0.1) is 41.2 Å². The van der Waals surface area contributed by atoms with Crippen LogP contribution in [0.1, 0.15) is 122 Å². The molecule has 0 aliphatic heterocycles. The summed E-state index contributed by atoms with van der Waals surface area (Å²) in [4.78, 5) is 0. The molecule has 1 aromatic carbocycles. The molecule has 0 aromatic heterocycles. The molecule has 0 saturated heterocycles. The number of hydrogen-bond acceptors (Lipinski definition) is 1. The van der Waals surface area contributed by atoms with E-state index in [1.165, 1.54) is 44.2 Å². The first kappa shape index (κ1) is 26.8. The van der Waals surface area contributed by atoms with Crippen LogP contribution in [-0.2, 0) is 0 Å². The van der Waals surface area contributed by atoms with E-state index in [2.05, 4.69) is 13.8 Å². The molecule has 0 amide bonds. The summed E-state index contributed by atoms with van der Waals surface area (Å²) < 4.78 is 64.4. The van der Waals surface area contributed by atoms with Gasteiger partial charge in [-0.05, 0) is 105 Å². The fourth-order valence-electron chi connectivity index (χ4n) is 7.34. The van der Waals surface area contributed by atoms with E-state index in [0.717, 1.165) is 63.2 Å². The van der Waals surface area contributed by atoms with Crippen LogP contribution >= 0.6 is 0 Å². The fourth-order valence-corrected chi connectivity index (χ4v) is 7.34. The van der Waals surface area contributed by atoms with E-state index < -0.39 is 29.4 Å². The molecule has 3 aliphatic carbocycles. The Morgan fingerprint density at radius 2 is 1.31 bits per heavy atom. The van der Waals surface area contributed by atoms with E-state index in [-0.39, 0.29) is 5.92 Å². The number of halogens is 4. The lowest BCUT2D eigenvalue weighted by molar-refractivity contribution is -0.224. The number of rotatable bonds is 8. The summed E-state index contributed by atoms with van der Waals surface area (Å²) in [5, 5.41) is 0. The van der Waals surface area contributed by atoms with Gasteiger partial charge in [-0.3, -0.25) is 0 Å². The predicted octanol–water partition coefficient (Wildman–Crippen LogP) is 10.0. The molecular formula is C30H44F4O. The summed E-state index contributed by atoms with van der Waals surface area (Å²) in [5.74, 6) is -1.09. The van der Waals surface area contributed by atoms with E-state index in [1.807, 2.05) is 0 Å². The Bertz CT molecular complexity index is 801. The van der Waals surface area contributed by atoms with Crippen molar-refractivity contribution < 1.29 is 22.3 Å². The minimum Gasteiger partial charge on any atom is -0.429 e. The van der Waals surface area contributed by atoms with Gasteiger partial charge in [0.1, 0.15) is 0 Å². The first-order valence-corrected chi connectivity index (χ1v) is 14.4. The monoisotopic (exact) mass is 496 g/mol. The predicted molar refractivity (Wildman–Crippen MR) is 133 cm³/mol. The molecule has 198 valence electrons. The van der Waals surface area contributed by atoms with E-state index in [0.29, 0.717) is 30.2 Å². The second-order valence-electron chi connectivity index (χ2n) is 11.8. The fraction of sp³-hybridized carbons (Fsp3) is 0.800. The molecule has 1 nitrogen and oxygen atoms in total. The molecule has 0 atom stereocenters. The highest BCUT2D eigenvalue weighted by molar-refractivity contribution is 5.33. The van der Waals surface area contributed by atoms with E-state index in [1.54, 1.807) is 0 Å². The third kappa shape index (κ3) is 6.36. The molecule has 0 unspecified atom stereocenters. The van der Waals surface area contributed by atoms with Crippen LogP contribution in [0.5, 0.6) is 5.75 Å². The maximum atomic E-state index is 15.0. The lowest BCUT2D eigenvalue weighted by Gasteiger charge is -2.38. The van der Waals surface area contributed by atoms with Gasteiger partial charge in [-0.2, -0.15) is 13.2 Å². The zero-order chi connectivity index (χ0) is 25.0. The van der Waals surface area contributed by atoms with Crippen LogP contribution in [0.2, 0.25) is 0 Å². The van der Waals surface area contributed by atoms with Gasteiger partial charge in [0.25, 0.3) is 0 Å². The Hall–Kier alpha value is -1.26. The van der Waals surface area contributed by atoms with Gasteiger partial charge < -0.3 is 4.74 Å². The van der Waals surface area contributed by atoms with Crippen molar-refractivity contribution in [3.8, 4) is 5.75 Å². The summed E-state index contributed by atoms with van der Waals surface area (Å²) in [6.45, 7) is 4.38. The van der Waals surface area contributed by atoms with Crippen LogP contribution in [0.15, 0.2) is 12.1 Å². The highest BCUT2D eigenvalue weighted by Crippen LogP contribution is 2.46. The van der Waals surface area contributed by atoms with Crippen LogP contribution in [0.4, 0.5) is 17.6 Å². The van der Waals surface area contributed by atoms with Crippen molar-refractivity contribution in [1.29, 1.82) is 0 Å². The second kappa shape index (κ2) is 11.9. The molecule has 1 aromatic rings. The van der Waals surface area contributed by atoms with Gasteiger partial charge >= 0.3 is 6.11 Å². The molecule has 35 heavy (non-hydrogen) atoms. The maximum absolute atomic E-state index is 15.0. The second-order valence-corrected chi connectivity index (χ2v) is 11.8. The minimum absolute atomic E-state index is 0.0452. The van der Waals surface area contributed by atoms with E-state index in [4.69, 9.17) is 4.74 Å². The first-order chi connectivity index (χ1) is 16.8. The van der Waals surface area contributed by atoms with Crippen molar-refractivity contribution in [3.63, 3.8) is 0 Å². The largest absolute Gasteiger partial charge is 0.429 e. The molecule has 3 fully saturated rings. The lowest BCUT2D eigenvalue weighted by Crippen LogP contribution is -2.37. The van der Waals surface area contributed by atoms with Crippen molar-refractivity contribution >= 4 is 0 Å². The molecule has 0 spiro atoms. The molecule has 0 heterocycles. The smallest absolute Gasteiger partial charge is 0.400 e. The average Bonchev–Trinajstić information content (AvgIpc) is 2.88. The Morgan fingerprint density at radius 3 is 1.89 bits per heavy atom. The normalized spacial score (nSPS) is 32.4. The molecule has 3 aliphatic rings. The molecule has 0 N–H and O–H groups in total. The van der Waals surface area contributed by atoms with Crippen molar-refractivity contribution in [2.75, 3.05) is 0 Å². The van der Waals surface area contributed by atoms with Crippen molar-refractivity contribution in [3.05, 3.63) is 29.3 Å². The minimum atomic E-state index is -3.49. The maximum Gasteiger partial charge on any atom is 0.400 e. The molecular weight excluding hydrogens is 452 g/mol. The van der Waals surface area contributed by atoms with Crippen LogP contribution < -0.4 is 4.74 Å². The third-order valence-electron chi connectivity index (χ3n) is 9.69. The van der Waals surface area contributed by atoms with Gasteiger partial charge in [-0.15, -0.1) is 0 Å². The average molecular weight is 497 g/mol. The zero-order valence-corrected chi connectivity index (χ0v) is 21.6. The van der Waals surface area contributed by atoms with Gasteiger partial charge in [-0.25, -0.2) is 4.39 Å². The van der Waals surface area contributed by atoms with E-state index >= 15 is 4.39 Å². The summed E-state index contributed by atoms with van der Waals surface area (Å²) in [6.07, 6.45) is 11.2. The molecule has 3 saturated carbocycles. The van der Waals surface area contributed by atoms with Gasteiger partial charge in [0, 0.05) is 0 Å². The van der Waals surface area contributed by atoms with Crippen molar-refractivity contribution in [1.82, 2.24) is 0 Å². The Kier molecular flexibility index (Phi) is 9.08. The van der Waals surface area contributed by atoms with Crippen LogP contribution in [-0.4, -0.2) is 6.11 Å². The lowest BCUT2D eigenvalue weighted by atomic mass is 9.68. The topological polar surface area (TPSA) is 9.23 Å². The van der Waals surface area contributed by atoms with Crippen LogP contribution in [0.3, 0.4) is 0 Å². The molecule has 0 bridgehead atoms. The van der Waals surface area contributed by atoms with E-state index in [9.17, 15) is 13.2 Å². The Morgan fingerprint density at radius 1 is 0.743 bits per heavy atom.